The first-order chi connectivity index (χ1) is 10.2. The molecule has 1 heterocycles. The van der Waals surface area contributed by atoms with Crippen molar-refractivity contribution in [1.82, 2.24) is 14.9 Å². The molecule has 4 nitrogen and oxygen atoms in total. The van der Waals surface area contributed by atoms with Crippen LogP contribution in [0.5, 0.6) is 0 Å². The van der Waals surface area contributed by atoms with Crippen molar-refractivity contribution in [2.24, 2.45) is 7.05 Å². The highest BCUT2D eigenvalue weighted by Gasteiger charge is 2.09. The summed E-state index contributed by atoms with van der Waals surface area (Å²) in [7, 11) is 1.97. The summed E-state index contributed by atoms with van der Waals surface area (Å²) in [4.78, 5) is 4.32. The molecule has 4 heteroatoms. The van der Waals surface area contributed by atoms with E-state index in [1.165, 1.54) is 5.56 Å². The second-order valence-electron chi connectivity index (χ2n) is 5.24. The Morgan fingerprint density at radius 2 is 2.00 bits per heavy atom. The van der Waals surface area contributed by atoms with E-state index in [0.717, 1.165) is 23.1 Å². The molecule has 108 valence electrons. The number of aryl methyl sites for hydroxylation is 1. The van der Waals surface area contributed by atoms with Gasteiger partial charge < -0.3 is 15.0 Å². The Kier molecular flexibility index (Phi) is 3.99. The Balaban J connectivity index is 1.62. The van der Waals surface area contributed by atoms with Gasteiger partial charge in [-0.2, -0.15) is 0 Å². The molecule has 1 atom stereocenters. The minimum absolute atomic E-state index is 0.521. The van der Waals surface area contributed by atoms with Gasteiger partial charge in [0.05, 0.1) is 23.5 Å². The third-order valence-electron chi connectivity index (χ3n) is 3.64. The van der Waals surface area contributed by atoms with E-state index < -0.39 is 6.10 Å². The van der Waals surface area contributed by atoms with Crippen LogP contribution in [0.15, 0.2) is 54.9 Å². The van der Waals surface area contributed by atoms with Crippen LogP contribution in [0.2, 0.25) is 0 Å². The summed E-state index contributed by atoms with van der Waals surface area (Å²) in [6.07, 6.45) is 1.26. The molecule has 0 radical (unpaired) electrons. The lowest BCUT2D eigenvalue weighted by Crippen LogP contribution is -2.21. The van der Waals surface area contributed by atoms with E-state index in [4.69, 9.17) is 0 Å². The summed E-state index contributed by atoms with van der Waals surface area (Å²) in [5.41, 5.74) is 4.09. The number of nitrogens with zero attached hydrogens (tertiary/aromatic N) is 2. The van der Waals surface area contributed by atoms with Gasteiger partial charge in [0, 0.05) is 20.1 Å². The average molecular weight is 281 g/mol. The molecule has 0 aliphatic heterocycles. The van der Waals surface area contributed by atoms with Crippen molar-refractivity contribution in [1.29, 1.82) is 0 Å². The zero-order valence-electron chi connectivity index (χ0n) is 12.0. The average Bonchev–Trinajstić information content (AvgIpc) is 2.89. The maximum atomic E-state index is 10.3. The highest BCUT2D eigenvalue weighted by Crippen LogP contribution is 2.18. The normalized spacial score (nSPS) is 12.7. The molecule has 0 spiro atoms. The number of rotatable bonds is 5. The first-order valence-corrected chi connectivity index (χ1v) is 7.08. The van der Waals surface area contributed by atoms with Crippen molar-refractivity contribution in [3.8, 4) is 0 Å². The molecule has 3 rings (SSSR count). The summed E-state index contributed by atoms with van der Waals surface area (Å²) in [5, 5.41) is 13.5. The predicted molar refractivity (Wildman–Crippen MR) is 83.8 cm³/mol. The molecule has 0 aliphatic carbocycles. The fraction of sp³-hybridized carbons (Fsp3) is 0.235. The zero-order valence-corrected chi connectivity index (χ0v) is 12.0. The number of nitrogens with one attached hydrogen (secondary N) is 1. The molecule has 0 bridgehead atoms. The molecule has 1 unspecified atom stereocenters. The summed E-state index contributed by atoms with van der Waals surface area (Å²) in [6.45, 7) is 1.27. The lowest BCUT2D eigenvalue weighted by molar-refractivity contribution is 0.174. The Labute approximate surface area is 124 Å². The minimum atomic E-state index is -0.528. The van der Waals surface area contributed by atoms with Crippen LogP contribution in [0.25, 0.3) is 11.0 Å². The van der Waals surface area contributed by atoms with Crippen molar-refractivity contribution < 1.29 is 5.11 Å². The number of hydrogen-bond acceptors (Lipinski definition) is 3. The van der Waals surface area contributed by atoms with Crippen LogP contribution >= 0.6 is 0 Å². The summed E-state index contributed by atoms with van der Waals surface area (Å²) in [6, 6.07) is 16.1. The van der Waals surface area contributed by atoms with E-state index in [9.17, 15) is 5.11 Å². The van der Waals surface area contributed by atoms with Gasteiger partial charge in [-0.15, -0.1) is 0 Å². The quantitative estimate of drug-likeness (QED) is 0.755. The van der Waals surface area contributed by atoms with Crippen molar-refractivity contribution in [2.45, 2.75) is 12.6 Å². The maximum absolute atomic E-state index is 10.3. The molecular formula is C17H19N3O. The standard InChI is InChI=1S/C17H19N3O/c1-20-12-19-15-9-14(7-8-16(15)20)17(21)11-18-10-13-5-3-2-4-6-13/h2-9,12,17-18,21H,10-11H2,1H3. The van der Waals surface area contributed by atoms with Crippen molar-refractivity contribution in [2.75, 3.05) is 6.54 Å². The molecule has 0 saturated heterocycles. The van der Waals surface area contributed by atoms with Gasteiger partial charge in [0.1, 0.15) is 0 Å². The zero-order chi connectivity index (χ0) is 14.7. The first kappa shape index (κ1) is 13.8. The van der Waals surface area contributed by atoms with Crippen LogP contribution in [0.4, 0.5) is 0 Å². The van der Waals surface area contributed by atoms with Gasteiger partial charge in [0.2, 0.25) is 0 Å². The largest absolute Gasteiger partial charge is 0.387 e. The summed E-state index contributed by atoms with van der Waals surface area (Å²) >= 11 is 0. The molecule has 2 N–H and O–H groups in total. The third-order valence-corrected chi connectivity index (χ3v) is 3.64. The van der Waals surface area contributed by atoms with E-state index in [-0.39, 0.29) is 0 Å². The Morgan fingerprint density at radius 3 is 2.81 bits per heavy atom. The smallest absolute Gasteiger partial charge is 0.0955 e. The number of aromatic nitrogens is 2. The van der Waals surface area contributed by atoms with E-state index in [2.05, 4.69) is 22.4 Å². The third kappa shape index (κ3) is 3.12. The van der Waals surface area contributed by atoms with Crippen LogP contribution in [-0.4, -0.2) is 21.2 Å². The Morgan fingerprint density at radius 1 is 1.19 bits per heavy atom. The molecule has 0 saturated carbocycles. The van der Waals surface area contributed by atoms with Gasteiger partial charge in [-0.3, -0.25) is 0 Å². The van der Waals surface area contributed by atoms with E-state index in [1.807, 2.05) is 48.0 Å². The van der Waals surface area contributed by atoms with Crippen molar-refractivity contribution >= 4 is 11.0 Å². The van der Waals surface area contributed by atoms with Gasteiger partial charge in [-0.1, -0.05) is 36.4 Å². The van der Waals surface area contributed by atoms with E-state index >= 15 is 0 Å². The SMILES string of the molecule is Cn1cnc2cc(C(O)CNCc3ccccc3)ccc21. The number of hydrogen-bond donors (Lipinski definition) is 2. The summed E-state index contributed by atoms with van der Waals surface area (Å²) < 4.78 is 1.97. The molecule has 3 aromatic rings. The highest BCUT2D eigenvalue weighted by molar-refractivity contribution is 5.76. The molecule has 0 aliphatic rings. The van der Waals surface area contributed by atoms with Gasteiger partial charge in [-0.25, -0.2) is 4.98 Å². The van der Waals surface area contributed by atoms with Crippen LogP contribution in [0.3, 0.4) is 0 Å². The Bertz CT molecular complexity index is 721. The van der Waals surface area contributed by atoms with Gasteiger partial charge in [0.25, 0.3) is 0 Å². The molecule has 0 fully saturated rings. The maximum Gasteiger partial charge on any atom is 0.0955 e. The van der Waals surface area contributed by atoms with Gasteiger partial charge in [0.15, 0.2) is 0 Å². The molecule has 21 heavy (non-hydrogen) atoms. The molecule has 1 aromatic heterocycles. The number of fused-ring (bicyclic) bond motifs is 1. The first-order valence-electron chi connectivity index (χ1n) is 7.08. The Hall–Kier alpha value is -2.17. The number of aliphatic hydroxyl groups is 1. The number of benzene rings is 2. The van der Waals surface area contributed by atoms with Crippen LogP contribution in [0.1, 0.15) is 17.2 Å². The molecular weight excluding hydrogens is 262 g/mol. The van der Waals surface area contributed by atoms with Gasteiger partial charge in [-0.05, 0) is 23.3 Å². The van der Waals surface area contributed by atoms with Crippen LogP contribution < -0.4 is 5.32 Å². The fourth-order valence-electron chi connectivity index (χ4n) is 2.43. The van der Waals surface area contributed by atoms with E-state index in [0.29, 0.717) is 6.54 Å². The minimum Gasteiger partial charge on any atom is -0.387 e. The second-order valence-corrected chi connectivity index (χ2v) is 5.24. The van der Waals surface area contributed by atoms with E-state index in [1.54, 1.807) is 6.33 Å². The topological polar surface area (TPSA) is 50.1 Å². The van der Waals surface area contributed by atoms with Crippen molar-refractivity contribution in [3.05, 3.63) is 66.0 Å². The fourth-order valence-corrected chi connectivity index (χ4v) is 2.43. The summed E-state index contributed by atoms with van der Waals surface area (Å²) in [5.74, 6) is 0. The number of aliphatic hydroxyl groups excluding tert-OH is 1. The molecule has 2 aromatic carbocycles. The lowest BCUT2D eigenvalue weighted by atomic mass is 10.1. The van der Waals surface area contributed by atoms with Crippen LogP contribution in [0, 0.1) is 0 Å². The van der Waals surface area contributed by atoms with Gasteiger partial charge >= 0.3 is 0 Å². The van der Waals surface area contributed by atoms with Crippen LogP contribution in [-0.2, 0) is 13.6 Å². The lowest BCUT2D eigenvalue weighted by Gasteiger charge is -2.12. The van der Waals surface area contributed by atoms with Crippen molar-refractivity contribution in [3.63, 3.8) is 0 Å². The monoisotopic (exact) mass is 281 g/mol. The second kappa shape index (κ2) is 6.08. The highest BCUT2D eigenvalue weighted by atomic mass is 16.3. The predicted octanol–water partition coefficient (Wildman–Crippen LogP) is 2.40. The molecule has 0 amide bonds. The number of imidazole rings is 1.